The fraction of sp³-hybridized carbons (Fsp3) is 0.429. The van der Waals surface area contributed by atoms with E-state index in [1.54, 1.807) is 32.0 Å². The van der Waals surface area contributed by atoms with Gasteiger partial charge in [-0.25, -0.2) is 4.79 Å². The molecular formula is C21H23Cl2NO4S. The fourth-order valence-electron chi connectivity index (χ4n) is 3.22. The molecule has 0 spiro atoms. The summed E-state index contributed by atoms with van der Waals surface area (Å²) in [6, 6.07) is 4.79. The minimum Gasteiger partial charge on any atom is -0.482 e. The van der Waals surface area contributed by atoms with Crippen molar-refractivity contribution in [1.29, 1.82) is 0 Å². The first kappa shape index (κ1) is 21.9. The zero-order valence-electron chi connectivity index (χ0n) is 16.5. The van der Waals surface area contributed by atoms with Crippen LogP contribution in [0.25, 0.3) is 0 Å². The molecule has 8 heteroatoms. The molecule has 1 unspecified atom stereocenters. The van der Waals surface area contributed by atoms with E-state index in [1.165, 1.54) is 11.3 Å². The molecule has 156 valence electrons. The number of benzene rings is 1. The largest absolute Gasteiger partial charge is 0.482 e. The van der Waals surface area contributed by atoms with Crippen LogP contribution in [-0.4, -0.2) is 24.6 Å². The van der Waals surface area contributed by atoms with Gasteiger partial charge in [0.15, 0.2) is 6.61 Å². The SMILES string of the molecule is CC1CCc2c(sc(NC(=O)COc3cc(Cl)ccc3Cl)c2C(=O)OC(C)C)C1. The predicted octanol–water partition coefficient (Wildman–Crippen LogP) is 5.76. The maximum absolute atomic E-state index is 12.7. The first-order chi connectivity index (χ1) is 13.7. The third-order valence-corrected chi connectivity index (χ3v) is 6.28. The van der Waals surface area contributed by atoms with E-state index in [4.69, 9.17) is 32.7 Å². The van der Waals surface area contributed by atoms with Gasteiger partial charge in [-0.3, -0.25) is 4.79 Å². The molecule has 1 aromatic heterocycles. The molecule has 29 heavy (non-hydrogen) atoms. The van der Waals surface area contributed by atoms with E-state index < -0.39 is 5.97 Å². The number of fused-ring (bicyclic) bond motifs is 1. The van der Waals surface area contributed by atoms with Crippen LogP contribution in [0.5, 0.6) is 5.75 Å². The highest BCUT2D eigenvalue weighted by atomic mass is 35.5. The van der Waals surface area contributed by atoms with Crippen molar-refractivity contribution in [2.75, 3.05) is 11.9 Å². The van der Waals surface area contributed by atoms with Gasteiger partial charge in [-0.1, -0.05) is 30.1 Å². The lowest BCUT2D eigenvalue weighted by atomic mass is 9.88. The Kier molecular flexibility index (Phi) is 7.09. The van der Waals surface area contributed by atoms with Crippen LogP contribution in [0.4, 0.5) is 5.00 Å². The molecule has 1 atom stereocenters. The normalized spacial score (nSPS) is 15.7. The molecule has 0 aliphatic heterocycles. The van der Waals surface area contributed by atoms with Crippen molar-refractivity contribution in [2.45, 2.75) is 46.1 Å². The molecule has 1 aliphatic carbocycles. The summed E-state index contributed by atoms with van der Waals surface area (Å²) in [5.74, 6) is 0.0903. The van der Waals surface area contributed by atoms with E-state index in [-0.39, 0.29) is 18.6 Å². The number of anilines is 1. The number of carbonyl (C=O) groups excluding carboxylic acids is 2. The number of hydrogen-bond donors (Lipinski definition) is 1. The molecule has 2 aromatic rings. The van der Waals surface area contributed by atoms with Crippen LogP contribution in [0.15, 0.2) is 18.2 Å². The van der Waals surface area contributed by atoms with E-state index in [2.05, 4.69) is 12.2 Å². The average molecular weight is 456 g/mol. The van der Waals surface area contributed by atoms with Gasteiger partial charge in [-0.15, -0.1) is 11.3 Å². The molecule has 0 radical (unpaired) electrons. The summed E-state index contributed by atoms with van der Waals surface area (Å²) in [5, 5.41) is 4.16. The molecule has 0 fully saturated rings. The second-order valence-electron chi connectivity index (χ2n) is 7.42. The Bertz CT molecular complexity index is 926. The van der Waals surface area contributed by atoms with Crippen LogP contribution in [0.2, 0.25) is 10.0 Å². The van der Waals surface area contributed by atoms with Crippen LogP contribution in [-0.2, 0) is 22.4 Å². The summed E-state index contributed by atoms with van der Waals surface area (Å²) in [6.07, 6.45) is 2.47. The molecule has 3 rings (SSSR count). The Morgan fingerprint density at radius 1 is 1.31 bits per heavy atom. The van der Waals surface area contributed by atoms with Crippen molar-refractivity contribution in [3.8, 4) is 5.75 Å². The van der Waals surface area contributed by atoms with Crippen molar-refractivity contribution >= 4 is 51.4 Å². The molecule has 1 aliphatic rings. The van der Waals surface area contributed by atoms with Crippen LogP contribution in [0.1, 0.15) is 48.0 Å². The second-order valence-corrected chi connectivity index (χ2v) is 9.37. The Balaban J connectivity index is 1.77. The highest BCUT2D eigenvalue weighted by Crippen LogP contribution is 2.40. The fourth-order valence-corrected chi connectivity index (χ4v) is 4.97. The summed E-state index contributed by atoms with van der Waals surface area (Å²) in [5.41, 5.74) is 1.47. The number of amides is 1. The quantitative estimate of drug-likeness (QED) is 0.561. The number of carbonyl (C=O) groups is 2. The number of thiophene rings is 1. The highest BCUT2D eigenvalue weighted by molar-refractivity contribution is 7.17. The van der Waals surface area contributed by atoms with Gasteiger partial charge in [0.25, 0.3) is 5.91 Å². The van der Waals surface area contributed by atoms with Gasteiger partial charge < -0.3 is 14.8 Å². The number of rotatable bonds is 6. The Hall–Kier alpha value is -1.76. The van der Waals surface area contributed by atoms with Crippen LogP contribution >= 0.6 is 34.5 Å². The zero-order valence-corrected chi connectivity index (χ0v) is 18.8. The zero-order chi connectivity index (χ0) is 21.1. The maximum atomic E-state index is 12.7. The molecule has 1 heterocycles. The minimum absolute atomic E-state index is 0.238. The number of halogens is 2. The Morgan fingerprint density at radius 2 is 2.07 bits per heavy atom. The number of ether oxygens (including phenoxy) is 2. The lowest BCUT2D eigenvalue weighted by molar-refractivity contribution is -0.118. The molecule has 0 saturated heterocycles. The Labute approximate surface area is 184 Å². The minimum atomic E-state index is -0.402. The lowest BCUT2D eigenvalue weighted by Crippen LogP contribution is -2.22. The number of esters is 1. The van der Waals surface area contributed by atoms with E-state index in [1.807, 2.05) is 0 Å². The van der Waals surface area contributed by atoms with Crippen molar-refractivity contribution in [3.05, 3.63) is 44.2 Å². The van der Waals surface area contributed by atoms with E-state index in [0.717, 1.165) is 29.7 Å². The van der Waals surface area contributed by atoms with Crippen molar-refractivity contribution in [1.82, 2.24) is 0 Å². The van der Waals surface area contributed by atoms with Gasteiger partial charge in [-0.05, 0) is 56.7 Å². The monoisotopic (exact) mass is 455 g/mol. The van der Waals surface area contributed by atoms with Crippen molar-refractivity contribution in [2.24, 2.45) is 5.92 Å². The standard InChI is InChI=1S/C21H23Cl2NO4S/c1-11(2)28-21(26)19-14-6-4-12(3)8-17(14)29-20(19)24-18(25)10-27-16-9-13(22)5-7-15(16)23/h5,7,9,11-12H,4,6,8,10H2,1-3H3,(H,24,25). The Morgan fingerprint density at radius 3 is 2.79 bits per heavy atom. The van der Waals surface area contributed by atoms with Crippen LogP contribution in [0.3, 0.4) is 0 Å². The summed E-state index contributed by atoms with van der Waals surface area (Å²) in [4.78, 5) is 26.3. The first-order valence-electron chi connectivity index (χ1n) is 9.47. The predicted molar refractivity (Wildman–Crippen MR) is 117 cm³/mol. The molecule has 5 nitrogen and oxygen atoms in total. The highest BCUT2D eigenvalue weighted by Gasteiger charge is 2.29. The summed E-state index contributed by atoms with van der Waals surface area (Å²) < 4.78 is 10.9. The average Bonchev–Trinajstić information content (AvgIpc) is 2.98. The van der Waals surface area contributed by atoms with Gasteiger partial charge in [0.05, 0.1) is 16.7 Å². The third kappa shape index (κ3) is 5.44. The number of nitrogens with one attached hydrogen (secondary N) is 1. The maximum Gasteiger partial charge on any atom is 0.341 e. The van der Waals surface area contributed by atoms with Crippen molar-refractivity contribution in [3.63, 3.8) is 0 Å². The van der Waals surface area contributed by atoms with Gasteiger partial charge in [0, 0.05) is 16.0 Å². The summed E-state index contributed by atoms with van der Waals surface area (Å²) >= 11 is 13.4. The summed E-state index contributed by atoms with van der Waals surface area (Å²) in [6.45, 7) is 5.55. The van der Waals surface area contributed by atoms with Gasteiger partial charge in [0.2, 0.25) is 0 Å². The molecule has 0 saturated carbocycles. The number of hydrogen-bond acceptors (Lipinski definition) is 5. The second kappa shape index (κ2) is 9.37. The lowest BCUT2D eigenvalue weighted by Gasteiger charge is -2.18. The van der Waals surface area contributed by atoms with E-state index in [9.17, 15) is 9.59 Å². The molecule has 1 aromatic carbocycles. The molecule has 1 N–H and O–H groups in total. The third-order valence-electron chi connectivity index (χ3n) is 4.56. The molecule has 0 bridgehead atoms. The first-order valence-corrected chi connectivity index (χ1v) is 11.0. The van der Waals surface area contributed by atoms with E-state index in [0.29, 0.717) is 32.3 Å². The van der Waals surface area contributed by atoms with E-state index >= 15 is 0 Å². The summed E-state index contributed by atoms with van der Waals surface area (Å²) in [7, 11) is 0. The van der Waals surface area contributed by atoms with Crippen LogP contribution < -0.4 is 10.1 Å². The van der Waals surface area contributed by atoms with Crippen LogP contribution in [0, 0.1) is 5.92 Å². The van der Waals surface area contributed by atoms with Gasteiger partial charge in [0.1, 0.15) is 10.8 Å². The van der Waals surface area contributed by atoms with Crippen molar-refractivity contribution < 1.29 is 19.1 Å². The molecular weight excluding hydrogens is 433 g/mol. The molecule has 1 amide bonds. The smallest absolute Gasteiger partial charge is 0.341 e. The van der Waals surface area contributed by atoms with Gasteiger partial charge in [-0.2, -0.15) is 0 Å². The van der Waals surface area contributed by atoms with Gasteiger partial charge >= 0.3 is 5.97 Å². The topological polar surface area (TPSA) is 64.6 Å².